The van der Waals surface area contributed by atoms with E-state index in [1.54, 1.807) is 19.1 Å². The second kappa shape index (κ2) is 5.79. The highest BCUT2D eigenvalue weighted by Crippen LogP contribution is 2.40. The lowest BCUT2D eigenvalue weighted by Gasteiger charge is -2.18. The van der Waals surface area contributed by atoms with E-state index in [2.05, 4.69) is 16.9 Å². The number of nitrogens with one attached hydrogen (secondary N) is 1. The van der Waals surface area contributed by atoms with E-state index in [1.807, 2.05) is 0 Å². The number of benzene rings is 1. The van der Waals surface area contributed by atoms with Crippen LogP contribution in [0.15, 0.2) is 29.8 Å². The minimum absolute atomic E-state index is 0.0542. The first kappa shape index (κ1) is 15.7. The molecule has 0 aliphatic carbocycles. The van der Waals surface area contributed by atoms with Gasteiger partial charge in [-0.3, -0.25) is 0 Å². The van der Waals surface area contributed by atoms with Gasteiger partial charge in [0, 0.05) is 17.7 Å². The summed E-state index contributed by atoms with van der Waals surface area (Å²) < 4.78 is 13.2. The van der Waals surface area contributed by atoms with Gasteiger partial charge >= 0.3 is 5.97 Å². The molecule has 0 amide bonds. The van der Waals surface area contributed by atoms with Gasteiger partial charge in [0.2, 0.25) is 0 Å². The predicted octanol–water partition coefficient (Wildman–Crippen LogP) is 4.39. The second-order valence-corrected chi connectivity index (χ2v) is 6.54. The fourth-order valence-corrected chi connectivity index (χ4v) is 3.72. The number of carboxylic acids is 1. The van der Waals surface area contributed by atoms with Gasteiger partial charge in [0.15, 0.2) is 0 Å². The number of rotatable bonds is 3. The van der Waals surface area contributed by atoms with Crippen molar-refractivity contribution in [3.63, 3.8) is 0 Å². The molecule has 2 aromatic rings. The molecule has 4 nitrogen and oxygen atoms in total. The second-order valence-electron chi connectivity index (χ2n) is 5.13. The van der Waals surface area contributed by atoms with Crippen molar-refractivity contribution in [2.75, 3.05) is 0 Å². The lowest BCUT2D eigenvalue weighted by atomic mass is 10.1. The summed E-state index contributed by atoms with van der Waals surface area (Å²) in [6.45, 7) is 5.69. The third-order valence-corrected chi connectivity index (χ3v) is 4.97. The van der Waals surface area contributed by atoms with E-state index < -0.39 is 11.8 Å². The minimum atomic E-state index is -0.975. The van der Waals surface area contributed by atoms with Gasteiger partial charge in [-0.2, -0.15) is 0 Å². The third-order valence-electron chi connectivity index (χ3n) is 3.51. The number of aromatic carboxylic acids is 1. The van der Waals surface area contributed by atoms with Gasteiger partial charge in [-0.15, -0.1) is 11.3 Å². The van der Waals surface area contributed by atoms with Crippen molar-refractivity contribution in [3.8, 4) is 0 Å². The van der Waals surface area contributed by atoms with Crippen molar-refractivity contribution < 1.29 is 14.3 Å². The van der Waals surface area contributed by atoms with E-state index in [-0.39, 0.29) is 9.90 Å². The van der Waals surface area contributed by atoms with Crippen molar-refractivity contribution in [2.45, 2.75) is 13.3 Å². The Morgan fingerprint density at radius 2 is 2.26 bits per heavy atom. The van der Waals surface area contributed by atoms with E-state index in [1.165, 1.54) is 6.07 Å². The number of amidine groups is 1. The molecule has 118 valence electrons. The average Bonchev–Trinajstić information content (AvgIpc) is 2.80. The molecule has 7 heteroatoms. The quantitative estimate of drug-likeness (QED) is 0.862. The summed E-state index contributed by atoms with van der Waals surface area (Å²) in [5.41, 5.74) is 2.79. The molecule has 2 N–H and O–H groups in total. The van der Waals surface area contributed by atoms with E-state index in [4.69, 9.17) is 11.6 Å². The van der Waals surface area contributed by atoms with Crippen LogP contribution >= 0.6 is 22.9 Å². The Hall–Kier alpha value is -2.18. The Kier molecular flexibility index (Phi) is 3.95. The molecular weight excluding hydrogens is 339 g/mol. The molecule has 0 atom stereocenters. The van der Waals surface area contributed by atoms with Crippen LogP contribution in [-0.4, -0.2) is 16.9 Å². The molecule has 0 unspecified atom stereocenters. The van der Waals surface area contributed by atoms with Gasteiger partial charge in [-0.05, 0) is 30.2 Å². The van der Waals surface area contributed by atoms with Gasteiger partial charge < -0.3 is 10.4 Å². The Labute approximate surface area is 140 Å². The van der Waals surface area contributed by atoms with Crippen molar-refractivity contribution in [1.29, 1.82) is 0 Å². The Morgan fingerprint density at radius 1 is 1.52 bits per heavy atom. The van der Waals surface area contributed by atoms with E-state index >= 15 is 0 Å². The van der Waals surface area contributed by atoms with Gasteiger partial charge in [0.05, 0.1) is 5.02 Å². The molecule has 0 fully saturated rings. The Morgan fingerprint density at radius 3 is 2.91 bits per heavy atom. The van der Waals surface area contributed by atoms with Crippen LogP contribution in [0.4, 0.5) is 9.39 Å². The molecule has 1 aromatic carbocycles. The summed E-state index contributed by atoms with van der Waals surface area (Å²) >= 11 is 6.90. The zero-order valence-corrected chi connectivity index (χ0v) is 13.7. The monoisotopic (exact) mass is 350 g/mol. The molecule has 1 aromatic heterocycles. The number of hydrogen-bond donors (Lipinski definition) is 2. The van der Waals surface area contributed by atoms with Crippen LogP contribution in [0.25, 0.3) is 5.70 Å². The number of nitrogens with zero attached hydrogens (tertiary/aromatic N) is 1. The maximum Gasteiger partial charge on any atom is 0.346 e. The highest BCUT2D eigenvalue weighted by molar-refractivity contribution is 7.18. The molecular formula is C16H12ClFN2O2S. The van der Waals surface area contributed by atoms with Crippen molar-refractivity contribution in [1.82, 2.24) is 5.32 Å². The highest BCUT2D eigenvalue weighted by Gasteiger charge is 2.25. The molecule has 0 saturated carbocycles. The molecule has 0 spiro atoms. The first-order chi connectivity index (χ1) is 10.9. The zero-order chi connectivity index (χ0) is 16.7. The number of halogens is 2. The Bertz CT molecular complexity index is 873. The van der Waals surface area contributed by atoms with E-state index in [0.717, 1.165) is 22.5 Å². The molecule has 2 heterocycles. The fraction of sp³-hybridized carbons (Fsp3) is 0.125. The van der Waals surface area contributed by atoms with Gasteiger partial charge in [0.1, 0.15) is 21.5 Å². The minimum Gasteiger partial charge on any atom is -0.477 e. The van der Waals surface area contributed by atoms with Crippen LogP contribution in [-0.2, 0) is 6.42 Å². The highest BCUT2D eigenvalue weighted by atomic mass is 35.5. The Balaban J connectivity index is 1.96. The van der Waals surface area contributed by atoms with Crippen LogP contribution in [0.2, 0.25) is 5.02 Å². The maximum atomic E-state index is 13.2. The third kappa shape index (κ3) is 2.87. The van der Waals surface area contributed by atoms with E-state index in [9.17, 15) is 14.3 Å². The molecule has 1 aliphatic rings. The average molecular weight is 351 g/mol. The SMILES string of the molecule is C=C1NC(Cc2ccc(F)c(Cl)c2)=Nc2sc(C(=O)O)c(C)c21. The van der Waals surface area contributed by atoms with Crippen LogP contribution in [0.3, 0.4) is 0 Å². The van der Waals surface area contributed by atoms with Crippen molar-refractivity contribution in [3.05, 3.63) is 57.2 Å². The molecule has 0 bridgehead atoms. The lowest BCUT2D eigenvalue weighted by molar-refractivity contribution is 0.0701. The normalized spacial score (nSPS) is 13.3. The molecule has 1 aliphatic heterocycles. The number of carbonyl (C=O) groups is 1. The lowest BCUT2D eigenvalue weighted by Crippen LogP contribution is -2.26. The van der Waals surface area contributed by atoms with Crippen LogP contribution in [0, 0.1) is 12.7 Å². The molecule has 0 radical (unpaired) electrons. The standard InChI is InChI=1S/C16H12ClFN2O2S/c1-7-13-8(2)19-12(20-15(13)23-14(7)16(21)22)6-9-3-4-11(18)10(17)5-9/h3-5H,2,6H2,1H3,(H,19,20)(H,21,22). The number of aliphatic imine (C=N–C) groups is 1. The van der Waals surface area contributed by atoms with Gasteiger partial charge in [-0.25, -0.2) is 14.2 Å². The summed E-state index contributed by atoms with van der Waals surface area (Å²) in [5.74, 6) is -0.833. The smallest absolute Gasteiger partial charge is 0.346 e. The summed E-state index contributed by atoms with van der Waals surface area (Å²) in [6, 6.07) is 4.48. The number of fused-ring (bicyclic) bond motifs is 1. The van der Waals surface area contributed by atoms with Crippen LogP contribution in [0.5, 0.6) is 0 Å². The van der Waals surface area contributed by atoms with Gasteiger partial charge in [0.25, 0.3) is 0 Å². The summed E-state index contributed by atoms with van der Waals surface area (Å²) in [4.78, 5) is 16.0. The first-order valence-electron chi connectivity index (χ1n) is 6.71. The molecule has 3 rings (SSSR count). The topological polar surface area (TPSA) is 61.7 Å². The summed E-state index contributed by atoms with van der Waals surface area (Å²) in [7, 11) is 0. The fourth-order valence-electron chi connectivity index (χ4n) is 2.45. The number of carboxylic acid groups (broad SMARTS) is 1. The number of thiophene rings is 1. The first-order valence-corrected chi connectivity index (χ1v) is 7.90. The summed E-state index contributed by atoms with van der Waals surface area (Å²) in [5, 5.41) is 13.0. The maximum absolute atomic E-state index is 13.2. The van der Waals surface area contributed by atoms with Crippen LogP contribution < -0.4 is 5.32 Å². The summed E-state index contributed by atoms with van der Waals surface area (Å²) in [6.07, 6.45) is 0.414. The zero-order valence-electron chi connectivity index (χ0n) is 12.1. The molecule has 0 saturated heterocycles. The van der Waals surface area contributed by atoms with Crippen molar-refractivity contribution in [2.24, 2.45) is 4.99 Å². The van der Waals surface area contributed by atoms with E-state index in [0.29, 0.717) is 28.5 Å². The van der Waals surface area contributed by atoms with Crippen molar-refractivity contribution >= 4 is 45.4 Å². The molecule has 23 heavy (non-hydrogen) atoms. The largest absolute Gasteiger partial charge is 0.477 e. The predicted molar refractivity (Wildman–Crippen MR) is 90.4 cm³/mol. The number of hydrogen-bond acceptors (Lipinski definition) is 4. The van der Waals surface area contributed by atoms with Crippen LogP contribution in [0.1, 0.15) is 26.4 Å². The van der Waals surface area contributed by atoms with Gasteiger partial charge in [-0.1, -0.05) is 24.2 Å².